The van der Waals surface area contributed by atoms with Crippen LogP contribution in [-0.4, -0.2) is 66.7 Å². The Morgan fingerprint density at radius 3 is 2.24 bits per heavy atom. The summed E-state index contributed by atoms with van der Waals surface area (Å²) in [5, 5.41) is 23.8. The number of amides is 2. The number of benzene rings is 2. The third kappa shape index (κ3) is 6.55. The molecule has 3 rings (SSSR count). The molecular formula is C25H30N2O7. The number of aliphatic hydroxyl groups excluding tert-OH is 1. The van der Waals surface area contributed by atoms with Crippen LogP contribution >= 0.6 is 0 Å². The summed E-state index contributed by atoms with van der Waals surface area (Å²) in [7, 11) is 0. The number of hydrogen-bond donors (Lipinski definition) is 4. The molecule has 2 amide bonds. The molecule has 4 N–H and O–H groups in total. The first-order chi connectivity index (χ1) is 16.4. The molecule has 0 radical (unpaired) electrons. The highest BCUT2D eigenvalue weighted by Gasteiger charge is 2.30. The number of rotatable bonds is 12. The van der Waals surface area contributed by atoms with Gasteiger partial charge in [-0.25, -0.2) is 4.79 Å². The maximum Gasteiger partial charge on any atom is 0.407 e. The highest BCUT2D eigenvalue weighted by Crippen LogP contribution is 2.44. The minimum Gasteiger partial charge on any atom is -0.481 e. The van der Waals surface area contributed by atoms with Crippen molar-refractivity contribution in [3.63, 3.8) is 0 Å². The maximum atomic E-state index is 12.5. The highest BCUT2D eigenvalue weighted by atomic mass is 16.5. The quantitative estimate of drug-likeness (QED) is 0.374. The molecule has 2 unspecified atom stereocenters. The summed E-state index contributed by atoms with van der Waals surface area (Å²) in [5.74, 6) is -1.84. The van der Waals surface area contributed by atoms with Crippen molar-refractivity contribution in [1.29, 1.82) is 0 Å². The zero-order valence-corrected chi connectivity index (χ0v) is 19.0. The molecule has 0 bridgehead atoms. The summed E-state index contributed by atoms with van der Waals surface area (Å²) in [6, 6.07) is 14.7. The van der Waals surface area contributed by atoms with E-state index in [-0.39, 0.29) is 38.5 Å². The number of hydrogen-bond acceptors (Lipinski definition) is 6. The molecule has 2 aromatic carbocycles. The lowest BCUT2D eigenvalue weighted by atomic mass is 9.98. The van der Waals surface area contributed by atoms with Crippen molar-refractivity contribution in [2.75, 3.05) is 26.4 Å². The van der Waals surface area contributed by atoms with Crippen molar-refractivity contribution >= 4 is 18.0 Å². The van der Waals surface area contributed by atoms with Crippen LogP contribution in [0.25, 0.3) is 11.1 Å². The van der Waals surface area contributed by atoms with E-state index in [0.717, 1.165) is 22.3 Å². The van der Waals surface area contributed by atoms with Crippen LogP contribution in [-0.2, 0) is 19.1 Å². The zero-order valence-electron chi connectivity index (χ0n) is 19.0. The van der Waals surface area contributed by atoms with Crippen LogP contribution in [0.4, 0.5) is 4.79 Å². The van der Waals surface area contributed by atoms with Gasteiger partial charge in [-0.05, 0) is 35.6 Å². The largest absolute Gasteiger partial charge is 0.481 e. The van der Waals surface area contributed by atoms with Crippen LogP contribution in [0, 0.1) is 0 Å². The van der Waals surface area contributed by atoms with Crippen LogP contribution in [0.3, 0.4) is 0 Å². The summed E-state index contributed by atoms with van der Waals surface area (Å²) in [6.07, 6.45) is -2.17. The Labute approximate surface area is 198 Å². The van der Waals surface area contributed by atoms with E-state index in [2.05, 4.69) is 10.6 Å². The lowest BCUT2D eigenvalue weighted by Crippen LogP contribution is -2.49. The van der Waals surface area contributed by atoms with E-state index in [1.165, 1.54) is 0 Å². The van der Waals surface area contributed by atoms with Gasteiger partial charge in [0.05, 0.1) is 12.7 Å². The van der Waals surface area contributed by atoms with E-state index in [1.807, 2.05) is 48.5 Å². The molecule has 0 aliphatic heterocycles. The Morgan fingerprint density at radius 1 is 1.03 bits per heavy atom. The van der Waals surface area contributed by atoms with Crippen molar-refractivity contribution in [1.82, 2.24) is 10.6 Å². The number of nitrogens with one attached hydrogen (secondary N) is 2. The predicted molar refractivity (Wildman–Crippen MR) is 124 cm³/mol. The second-order valence-corrected chi connectivity index (χ2v) is 8.01. The van der Waals surface area contributed by atoms with Crippen LogP contribution in [0.5, 0.6) is 0 Å². The Kier molecular flexibility index (Phi) is 9.00. The Morgan fingerprint density at radius 2 is 1.65 bits per heavy atom. The van der Waals surface area contributed by atoms with E-state index in [0.29, 0.717) is 6.61 Å². The van der Waals surface area contributed by atoms with E-state index < -0.39 is 30.1 Å². The smallest absolute Gasteiger partial charge is 0.407 e. The fourth-order valence-corrected chi connectivity index (χ4v) is 3.97. The molecule has 9 nitrogen and oxygen atoms in total. The van der Waals surface area contributed by atoms with Crippen LogP contribution in [0.2, 0.25) is 0 Å². The number of aliphatic carboxylic acids is 1. The monoisotopic (exact) mass is 470 g/mol. The minimum absolute atomic E-state index is 0.0520. The molecule has 2 atom stereocenters. The first-order valence-corrected chi connectivity index (χ1v) is 11.3. The van der Waals surface area contributed by atoms with Crippen LogP contribution in [0.15, 0.2) is 48.5 Å². The van der Waals surface area contributed by atoms with Crippen molar-refractivity contribution in [3.05, 3.63) is 59.7 Å². The van der Waals surface area contributed by atoms with Crippen molar-refractivity contribution in [2.45, 2.75) is 37.8 Å². The van der Waals surface area contributed by atoms with Gasteiger partial charge in [-0.15, -0.1) is 0 Å². The molecule has 0 aromatic heterocycles. The van der Waals surface area contributed by atoms with Gasteiger partial charge in [0.25, 0.3) is 0 Å². The van der Waals surface area contributed by atoms with Gasteiger partial charge in [0.2, 0.25) is 5.91 Å². The summed E-state index contributed by atoms with van der Waals surface area (Å²) < 4.78 is 10.6. The van der Waals surface area contributed by atoms with Gasteiger partial charge in [0, 0.05) is 25.5 Å². The van der Waals surface area contributed by atoms with Gasteiger partial charge < -0.3 is 30.3 Å². The number of fused-ring (bicyclic) bond motifs is 3. The third-order valence-electron chi connectivity index (χ3n) is 5.63. The summed E-state index contributed by atoms with van der Waals surface area (Å²) in [4.78, 5) is 36.1. The molecule has 1 aliphatic carbocycles. The van der Waals surface area contributed by atoms with Crippen molar-refractivity contribution < 1.29 is 34.1 Å². The molecule has 34 heavy (non-hydrogen) atoms. The standard InChI is InChI=1S/C25H30N2O7/c1-2-33-14-16(28)13-26-24(31)22(11-12-23(29)30)27-25(32)34-15-21-19-9-5-3-7-17(19)18-8-4-6-10-20(18)21/h3-10,16,21-22,28H,2,11-15H2,1H3,(H,26,31)(H,27,32)(H,29,30). The number of carboxylic acids is 1. The van der Waals surface area contributed by atoms with Gasteiger partial charge >= 0.3 is 12.1 Å². The van der Waals surface area contributed by atoms with Gasteiger partial charge in [-0.3, -0.25) is 9.59 Å². The summed E-state index contributed by atoms with van der Waals surface area (Å²) in [5.41, 5.74) is 4.30. The van der Waals surface area contributed by atoms with Gasteiger partial charge in [0.1, 0.15) is 12.6 Å². The highest BCUT2D eigenvalue weighted by molar-refractivity contribution is 5.86. The Bertz CT molecular complexity index is 965. The molecule has 9 heteroatoms. The average Bonchev–Trinajstić information content (AvgIpc) is 3.16. The molecule has 0 saturated heterocycles. The first kappa shape index (κ1) is 25.2. The topological polar surface area (TPSA) is 134 Å². The number of carboxylic acid groups (broad SMARTS) is 1. The lowest BCUT2D eigenvalue weighted by Gasteiger charge is -2.20. The normalized spacial score (nSPS) is 13.9. The molecule has 0 heterocycles. The third-order valence-corrected chi connectivity index (χ3v) is 5.63. The molecule has 0 fully saturated rings. The van der Waals surface area contributed by atoms with Crippen LogP contribution < -0.4 is 10.6 Å². The number of alkyl carbamates (subject to hydrolysis) is 1. The van der Waals surface area contributed by atoms with E-state index >= 15 is 0 Å². The molecule has 0 spiro atoms. The minimum atomic E-state index is -1.12. The second-order valence-electron chi connectivity index (χ2n) is 8.01. The van der Waals surface area contributed by atoms with Gasteiger partial charge in [-0.2, -0.15) is 0 Å². The number of carbonyl (C=O) groups excluding carboxylic acids is 2. The zero-order chi connectivity index (χ0) is 24.5. The molecule has 2 aromatic rings. The SMILES string of the molecule is CCOCC(O)CNC(=O)C(CCC(=O)O)NC(=O)OCC1c2ccccc2-c2ccccc21. The van der Waals surface area contributed by atoms with Crippen molar-refractivity contribution in [3.8, 4) is 11.1 Å². The van der Waals surface area contributed by atoms with Crippen molar-refractivity contribution in [2.24, 2.45) is 0 Å². The number of carbonyl (C=O) groups is 3. The van der Waals surface area contributed by atoms with E-state index in [1.54, 1.807) is 6.92 Å². The Hall–Kier alpha value is -3.43. The fraction of sp³-hybridized carbons (Fsp3) is 0.400. The molecule has 182 valence electrons. The average molecular weight is 471 g/mol. The molecule has 1 aliphatic rings. The first-order valence-electron chi connectivity index (χ1n) is 11.3. The Balaban J connectivity index is 1.60. The maximum absolute atomic E-state index is 12.5. The van der Waals surface area contributed by atoms with Gasteiger partial charge in [0.15, 0.2) is 0 Å². The second kappa shape index (κ2) is 12.2. The predicted octanol–water partition coefficient (Wildman–Crippen LogP) is 2.27. The number of aliphatic hydroxyl groups is 1. The van der Waals surface area contributed by atoms with Gasteiger partial charge in [-0.1, -0.05) is 48.5 Å². The van der Waals surface area contributed by atoms with Crippen LogP contribution in [0.1, 0.15) is 36.8 Å². The lowest BCUT2D eigenvalue weighted by molar-refractivity contribution is -0.137. The fourth-order valence-electron chi connectivity index (χ4n) is 3.97. The molecule has 0 saturated carbocycles. The molecular weight excluding hydrogens is 440 g/mol. The summed E-state index contributed by atoms with van der Waals surface area (Å²) >= 11 is 0. The summed E-state index contributed by atoms with van der Waals surface area (Å²) in [6.45, 7) is 2.24. The van der Waals surface area contributed by atoms with E-state index in [4.69, 9.17) is 14.6 Å². The van der Waals surface area contributed by atoms with E-state index in [9.17, 15) is 19.5 Å². The number of ether oxygens (including phenoxy) is 2.